The van der Waals surface area contributed by atoms with E-state index in [1.807, 2.05) is 43.3 Å². The van der Waals surface area contributed by atoms with E-state index in [-0.39, 0.29) is 5.91 Å². The lowest BCUT2D eigenvalue weighted by atomic mass is 10.1. The molecule has 0 atom stereocenters. The molecule has 0 aliphatic rings. The van der Waals surface area contributed by atoms with Gasteiger partial charge in [-0.25, -0.2) is 5.43 Å². The molecule has 114 valence electrons. The first-order valence-corrected chi connectivity index (χ1v) is 7.32. The molecule has 0 saturated heterocycles. The number of amides is 1. The number of carbonyl (C=O) groups excluding carboxylic acids is 1. The van der Waals surface area contributed by atoms with Crippen molar-refractivity contribution in [3.05, 3.63) is 65.2 Å². The summed E-state index contributed by atoms with van der Waals surface area (Å²) < 4.78 is 5.51. The van der Waals surface area contributed by atoms with Crippen molar-refractivity contribution in [1.29, 1.82) is 0 Å². The minimum Gasteiger partial charge on any atom is -0.494 e. The zero-order chi connectivity index (χ0) is 15.8. The highest BCUT2D eigenvalue weighted by Gasteiger charge is 2.02. The molecule has 0 saturated carbocycles. The Morgan fingerprint density at radius 3 is 2.45 bits per heavy atom. The van der Waals surface area contributed by atoms with Crippen LogP contribution in [-0.4, -0.2) is 18.7 Å². The van der Waals surface area contributed by atoms with Crippen LogP contribution in [0.4, 0.5) is 0 Å². The van der Waals surface area contributed by atoms with Gasteiger partial charge >= 0.3 is 0 Å². The summed E-state index contributed by atoms with van der Waals surface area (Å²) in [5, 5.41) is 3.97. The molecule has 2 rings (SSSR count). The Morgan fingerprint density at radius 1 is 1.14 bits per heavy atom. The maximum absolute atomic E-state index is 11.9. The number of ether oxygens (including phenoxy) is 1. The van der Waals surface area contributed by atoms with E-state index in [9.17, 15) is 4.79 Å². The fourth-order valence-electron chi connectivity index (χ4n) is 1.80. The Labute approximate surface area is 130 Å². The van der Waals surface area contributed by atoms with Crippen LogP contribution in [0.1, 0.15) is 34.8 Å². The SMILES string of the molecule is CCCOc1ccc(/C=N\NC(=O)c2ccc(C)cc2)cc1. The number of benzene rings is 2. The summed E-state index contributed by atoms with van der Waals surface area (Å²) >= 11 is 0. The van der Waals surface area contributed by atoms with Gasteiger partial charge < -0.3 is 4.74 Å². The molecular formula is C18H20N2O2. The van der Waals surface area contributed by atoms with Gasteiger partial charge in [-0.2, -0.15) is 5.10 Å². The molecule has 4 nitrogen and oxygen atoms in total. The van der Waals surface area contributed by atoms with Crippen LogP contribution in [0.3, 0.4) is 0 Å². The lowest BCUT2D eigenvalue weighted by Crippen LogP contribution is -2.17. The third-order valence-corrected chi connectivity index (χ3v) is 3.05. The van der Waals surface area contributed by atoms with E-state index in [0.717, 1.165) is 23.3 Å². The van der Waals surface area contributed by atoms with Crippen LogP contribution in [0.2, 0.25) is 0 Å². The highest BCUT2D eigenvalue weighted by atomic mass is 16.5. The summed E-state index contributed by atoms with van der Waals surface area (Å²) in [5.74, 6) is 0.613. The van der Waals surface area contributed by atoms with Crippen LogP contribution in [0.15, 0.2) is 53.6 Å². The molecule has 22 heavy (non-hydrogen) atoms. The molecule has 2 aromatic rings. The summed E-state index contributed by atoms with van der Waals surface area (Å²) in [6.45, 7) is 4.76. The first-order valence-electron chi connectivity index (χ1n) is 7.32. The van der Waals surface area contributed by atoms with Crippen LogP contribution >= 0.6 is 0 Å². The number of hydrogen-bond donors (Lipinski definition) is 1. The summed E-state index contributed by atoms with van der Waals surface area (Å²) in [7, 11) is 0. The van der Waals surface area contributed by atoms with E-state index in [4.69, 9.17) is 4.74 Å². The van der Waals surface area contributed by atoms with Gasteiger partial charge in [0.15, 0.2) is 0 Å². The van der Waals surface area contributed by atoms with Crippen molar-refractivity contribution in [3.63, 3.8) is 0 Å². The van der Waals surface area contributed by atoms with Gasteiger partial charge in [0.2, 0.25) is 0 Å². The molecule has 1 amide bonds. The molecular weight excluding hydrogens is 276 g/mol. The molecule has 0 aromatic heterocycles. The third-order valence-electron chi connectivity index (χ3n) is 3.05. The van der Waals surface area contributed by atoms with Crippen molar-refractivity contribution < 1.29 is 9.53 Å². The van der Waals surface area contributed by atoms with E-state index >= 15 is 0 Å². The number of carbonyl (C=O) groups is 1. The quantitative estimate of drug-likeness (QED) is 0.654. The van der Waals surface area contributed by atoms with Gasteiger partial charge in [0, 0.05) is 5.56 Å². The van der Waals surface area contributed by atoms with Crippen molar-refractivity contribution in [3.8, 4) is 5.75 Å². The molecule has 0 bridgehead atoms. The topological polar surface area (TPSA) is 50.7 Å². The van der Waals surface area contributed by atoms with Gasteiger partial charge in [-0.05, 0) is 55.3 Å². The fourth-order valence-corrected chi connectivity index (χ4v) is 1.80. The Hall–Kier alpha value is -2.62. The molecule has 0 aliphatic heterocycles. The molecule has 0 spiro atoms. The van der Waals surface area contributed by atoms with E-state index < -0.39 is 0 Å². The number of hydrogen-bond acceptors (Lipinski definition) is 3. The zero-order valence-corrected chi connectivity index (χ0v) is 12.9. The standard InChI is InChI=1S/C18H20N2O2/c1-3-12-22-17-10-6-15(7-11-17)13-19-20-18(21)16-8-4-14(2)5-9-16/h4-11,13H,3,12H2,1-2H3,(H,20,21)/b19-13-. The third kappa shape index (κ3) is 4.74. The Kier molecular flexibility index (Phi) is 5.72. The predicted molar refractivity (Wildman–Crippen MR) is 88.5 cm³/mol. The average Bonchev–Trinajstić information content (AvgIpc) is 2.54. The average molecular weight is 296 g/mol. The minimum atomic E-state index is -0.223. The monoisotopic (exact) mass is 296 g/mol. The lowest BCUT2D eigenvalue weighted by Gasteiger charge is -2.04. The van der Waals surface area contributed by atoms with Gasteiger partial charge in [-0.3, -0.25) is 4.79 Å². The van der Waals surface area contributed by atoms with Gasteiger partial charge in [0.25, 0.3) is 5.91 Å². The molecule has 0 fully saturated rings. The molecule has 4 heteroatoms. The number of hydrazone groups is 1. The molecule has 1 N–H and O–H groups in total. The van der Waals surface area contributed by atoms with Crippen LogP contribution in [0.25, 0.3) is 0 Å². The maximum atomic E-state index is 11.9. The zero-order valence-electron chi connectivity index (χ0n) is 12.9. The molecule has 0 heterocycles. The van der Waals surface area contributed by atoms with Crippen molar-refractivity contribution in [2.75, 3.05) is 6.61 Å². The van der Waals surface area contributed by atoms with Crippen molar-refractivity contribution in [2.45, 2.75) is 20.3 Å². The van der Waals surface area contributed by atoms with Crippen LogP contribution in [0, 0.1) is 6.92 Å². The van der Waals surface area contributed by atoms with Crippen molar-refractivity contribution in [2.24, 2.45) is 5.10 Å². The summed E-state index contributed by atoms with van der Waals surface area (Å²) in [6, 6.07) is 14.9. The molecule has 0 unspecified atom stereocenters. The minimum absolute atomic E-state index is 0.223. The van der Waals surface area contributed by atoms with E-state index in [0.29, 0.717) is 12.2 Å². The van der Waals surface area contributed by atoms with E-state index in [1.165, 1.54) is 0 Å². The number of nitrogens with zero attached hydrogens (tertiary/aromatic N) is 1. The largest absolute Gasteiger partial charge is 0.494 e. The summed E-state index contributed by atoms with van der Waals surface area (Å²) in [4.78, 5) is 11.9. The first-order chi connectivity index (χ1) is 10.7. The predicted octanol–water partition coefficient (Wildman–Crippen LogP) is 3.55. The van der Waals surface area contributed by atoms with E-state index in [2.05, 4.69) is 17.5 Å². The molecule has 0 aliphatic carbocycles. The second-order valence-electron chi connectivity index (χ2n) is 4.98. The second kappa shape index (κ2) is 7.98. The fraction of sp³-hybridized carbons (Fsp3) is 0.222. The van der Waals surface area contributed by atoms with Crippen molar-refractivity contribution >= 4 is 12.1 Å². The second-order valence-corrected chi connectivity index (χ2v) is 4.98. The molecule has 0 radical (unpaired) electrons. The number of aryl methyl sites for hydroxylation is 1. The van der Waals surface area contributed by atoms with E-state index in [1.54, 1.807) is 18.3 Å². The maximum Gasteiger partial charge on any atom is 0.271 e. The summed E-state index contributed by atoms with van der Waals surface area (Å²) in [5.41, 5.74) is 5.12. The van der Waals surface area contributed by atoms with Gasteiger partial charge in [0.1, 0.15) is 5.75 Å². The Morgan fingerprint density at radius 2 is 1.82 bits per heavy atom. The normalized spacial score (nSPS) is 10.6. The number of nitrogens with one attached hydrogen (secondary N) is 1. The highest BCUT2D eigenvalue weighted by molar-refractivity contribution is 5.94. The number of rotatable bonds is 6. The van der Waals surface area contributed by atoms with Crippen LogP contribution < -0.4 is 10.2 Å². The van der Waals surface area contributed by atoms with Crippen molar-refractivity contribution in [1.82, 2.24) is 5.43 Å². The van der Waals surface area contributed by atoms with Crippen LogP contribution in [-0.2, 0) is 0 Å². The van der Waals surface area contributed by atoms with Gasteiger partial charge in [0.05, 0.1) is 12.8 Å². The molecule has 2 aromatic carbocycles. The van der Waals surface area contributed by atoms with Gasteiger partial charge in [-0.15, -0.1) is 0 Å². The highest BCUT2D eigenvalue weighted by Crippen LogP contribution is 2.11. The summed E-state index contributed by atoms with van der Waals surface area (Å²) in [6.07, 6.45) is 2.59. The van der Waals surface area contributed by atoms with Gasteiger partial charge in [-0.1, -0.05) is 24.6 Å². The first kappa shape index (κ1) is 15.8. The smallest absolute Gasteiger partial charge is 0.271 e. The van der Waals surface area contributed by atoms with Crippen LogP contribution in [0.5, 0.6) is 5.75 Å². The Bertz CT molecular complexity index is 631. The lowest BCUT2D eigenvalue weighted by molar-refractivity contribution is 0.0955. The Balaban J connectivity index is 1.89.